The molecular formula is C25H30N4O2S. The molecule has 3 aromatic rings. The predicted molar refractivity (Wildman–Crippen MR) is 130 cm³/mol. The lowest BCUT2D eigenvalue weighted by molar-refractivity contribution is -0.125. The lowest BCUT2D eigenvalue weighted by Crippen LogP contribution is -2.43. The van der Waals surface area contributed by atoms with Gasteiger partial charge in [-0.2, -0.15) is 0 Å². The molecule has 2 aromatic carbocycles. The van der Waals surface area contributed by atoms with Crippen molar-refractivity contribution in [1.29, 1.82) is 0 Å². The second-order valence-corrected chi connectivity index (χ2v) is 9.43. The highest BCUT2D eigenvalue weighted by molar-refractivity contribution is 7.99. The number of likely N-dealkylation sites (tertiary alicyclic amines) is 1. The Labute approximate surface area is 193 Å². The van der Waals surface area contributed by atoms with Gasteiger partial charge in [0.2, 0.25) is 5.91 Å². The van der Waals surface area contributed by atoms with Crippen molar-refractivity contribution >= 4 is 28.7 Å². The Morgan fingerprint density at radius 2 is 2.06 bits per heavy atom. The van der Waals surface area contributed by atoms with Crippen LogP contribution in [0.5, 0.6) is 5.75 Å². The highest BCUT2D eigenvalue weighted by Gasteiger charge is 2.37. The minimum atomic E-state index is -0.165. The molecule has 0 saturated carbocycles. The minimum Gasteiger partial charge on any atom is -0.496 e. The summed E-state index contributed by atoms with van der Waals surface area (Å²) in [4.78, 5) is 23.6. The number of aromatic amines is 1. The van der Waals surface area contributed by atoms with Crippen LogP contribution in [0.2, 0.25) is 0 Å². The number of rotatable bonds is 8. The van der Waals surface area contributed by atoms with Crippen molar-refractivity contribution in [1.82, 2.24) is 20.2 Å². The number of allylic oxidation sites excluding steroid dienone is 1. The number of carbonyl (C=O) groups excluding carboxylic acids is 1. The summed E-state index contributed by atoms with van der Waals surface area (Å²) >= 11 is 1.73. The van der Waals surface area contributed by atoms with Crippen molar-refractivity contribution in [2.24, 2.45) is 0 Å². The van der Waals surface area contributed by atoms with Crippen LogP contribution in [0.4, 0.5) is 0 Å². The first-order chi connectivity index (χ1) is 15.6. The average Bonchev–Trinajstić information content (AvgIpc) is 3.40. The van der Waals surface area contributed by atoms with Gasteiger partial charge in [0.15, 0.2) is 5.16 Å². The maximum Gasteiger partial charge on any atom is 0.237 e. The van der Waals surface area contributed by atoms with E-state index in [1.165, 1.54) is 5.57 Å². The van der Waals surface area contributed by atoms with E-state index in [0.29, 0.717) is 11.8 Å². The number of benzene rings is 2. The van der Waals surface area contributed by atoms with Gasteiger partial charge in [-0.05, 0) is 38.5 Å². The van der Waals surface area contributed by atoms with Crippen molar-refractivity contribution in [2.45, 2.75) is 43.3 Å². The SMILES string of the molecule is CC=C(C)CN1C[C@@H](Sc2nc3ccccc3[nH]2)C[C@H]1C(=O)NCc1ccccc1OC. The van der Waals surface area contributed by atoms with Crippen LogP contribution in [0, 0.1) is 0 Å². The fourth-order valence-corrected chi connectivity index (χ4v) is 5.28. The Hall–Kier alpha value is -2.77. The zero-order valence-electron chi connectivity index (χ0n) is 18.8. The summed E-state index contributed by atoms with van der Waals surface area (Å²) in [5.74, 6) is 0.853. The van der Waals surface area contributed by atoms with Gasteiger partial charge in [-0.25, -0.2) is 4.98 Å². The number of hydrogen-bond acceptors (Lipinski definition) is 5. The van der Waals surface area contributed by atoms with Crippen molar-refractivity contribution < 1.29 is 9.53 Å². The summed E-state index contributed by atoms with van der Waals surface area (Å²) in [6.07, 6.45) is 2.90. The summed E-state index contributed by atoms with van der Waals surface area (Å²) in [6, 6.07) is 15.7. The van der Waals surface area contributed by atoms with Crippen LogP contribution in [-0.4, -0.2) is 52.3 Å². The molecule has 0 radical (unpaired) electrons. The molecular weight excluding hydrogens is 420 g/mol. The predicted octanol–water partition coefficient (Wildman–Crippen LogP) is 4.39. The number of carbonyl (C=O) groups is 1. The number of methoxy groups -OCH3 is 1. The molecule has 2 atom stereocenters. The van der Waals surface area contributed by atoms with E-state index >= 15 is 0 Å². The van der Waals surface area contributed by atoms with Gasteiger partial charge in [0.1, 0.15) is 5.75 Å². The number of fused-ring (bicyclic) bond motifs is 1. The van der Waals surface area contributed by atoms with E-state index in [0.717, 1.165) is 47.0 Å². The highest BCUT2D eigenvalue weighted by Crippen LogP contribution is 2.33. The second kappa shape index (κ2) is 10.2. The zero-order valence-corrected chi connectivity index (χ0v) is 19.6. The topological polar surface area (TPSA) is 70.2 Å². The van der Waals surface area contributed by atoms with E-state index in [9.17, 15) is 4.79 Å². The number of imidazole rings is 1. The first-order valence-corrected chi connectivity index (χ1v) is 11.8. The molecule has 0 bridgehead atoms. The monoisotopic (exact) mass is 450 g/mol. The van der Waals surface area contributed by atoms with Crippen molar-refractivity contribution in [2.75, 3.05) is 20.2 Å². The number of ether oxygens (including phenoxy) is 1. The largest absolute Gasteiger partial charge is 0.496 e. The normalized spacial score (nSPS) is 19.4. The summed E-state index contributed by atoms with van der Waals surface area (Å²) in [6.45, 7) is 6.25. The van der Waals surface area contributed by atoms with Crippen LogP contribution in [0.1, 0.15) is 25.8 Å². The number of thioether (sulfide) groups is 1. The number of hydrogen-bond donors (Lipinski definition) is 2. The van der Waals surface area contributed by atoms with Gasteiger partial charge in [-0.3, -0.25) is 9.69 Å². The number of nitrogens with zero attached hydrogens (tertiary/aromatic N) is 2. The molecule has 0 spiro atoms. The first-order valence-electron chi connectivity index (χ1n) is 10.9. The molecule has 168 valence electrons. The smallest absolute Gasteiger partial charge is 0.237 e. The summed E-state index contributed by atoms with van der Waals surface area (Å²) in [5, 5.41) is 4.33. The molecule has 1 fully saturated rings. The van der Waals surface area contributed by atoms with Gasteiger partial charge in [0.05, 0.1) is 24.2 Å². The van der Waals surface area contributed by atoms with Crippen LogP contribution in [-0.2, 0) is 11.3 Å². The number of aromatic nitrogens is 2. The lowest BCUT2D eigenvalue weighted by atomic mass is 10.1. The lowest BCUT2D eigenvalue weighted by Gasteiger charge is -2.24. The molecule has 4 rings (SSSR count). The summed E-state index contributed by atoms with van der Waals surface area (Å²) < 4.78 is 5.42. The number of para-hydroxylation sites is 3. The molecule has 1 aromatic heterocycles. The van der Waals surface area contributed by atoms with Crippen molar-refractivity contribution in [3.05, 3.63) is 65.7 Å². The first kappa shape index (κ1) is 22.4. The maximum atomic E-state index is 13.2. The average molecular weight is 451 g/mol. The van der Waals surface area contributed by atoms with Crippen molar-refractivity contribution in [3.8, 4) is 5.75 Å². The minimum absolute atomic E-state index is 0.0625. The quantitative estimate of drug-likeness (QED) is 0.498. The molecule has 1 aliphatic heterocycles. The van der Waals surface area contributed by atoms with E-state index in [-0.39, 0.29) is 11.9 Å². The molecule has 0 unspecified atom stereocenters. The third-order valence-corrected chi connectivity index (χ3v) is 7.00. The van der Waals surface area contributed by atoms with Gasteiger partial charge in [-0.1, -0.05) is 53.7 Å². The van der Waals surface area contributed by atoms with Gasteiger partial charge in [0, 0.05) is 30.4 Å². The number of amides is 1. The van der Waals surface area contributed by atoms with Crippen LogP contribution in [0.3, 0.4) is 0 Å². The maximum absolute atomic E-state index is 13.2. The van der Waals surface area contributed by atoms with Crippen molar-refractivity contribution in [3.63, 3.8) is 0 Å². The van der Waals surface area contributed by atoms with Gasteiger partial charge >= 0.3 is 0 Å². The molecule has 1 saturated heterocycles. The molecule has 2 heterocycles. The third kappa shape index (κ3) is 5.16. The molecule has 7 heteroatoms. The molecule has 0 aliphatic carbocycles. The standard InChI is InChI=1S/C25H30N4O2S/c1-4-17(2)15-29-16-19(32-25-27-20-10-6-7-11-21(20)28-25)13-22(29)24(30)26-14-18-9-5-8-12-23(18)31-3/h4-12,19,22H,13-16H2,1-3H3,(H,26,30)(H,27,28)/t19-,22-/m0/s1. The van der Waals surface area contributed by atoms with E-state index < -0.39 is 0 Å². The molecule has 32 heavy (non-hydrogen) atoms. The van der Waals surface area contributed by atoms with Crippen LogP contribution in [0.25, 0.3) is 11.0 Å². The number of H-pyrrole nitrogens is 1. The van der Waals surface area contributed by atoms with Gasteiger partial charge in [0.25, 0.3) is 0 Å². The Morgan fingerprint density at radius 3 is 2.84 bits per heavy atom. The molecule has 2 N–H and O–H groups in total. The fraction of sp³-hybridized carbons (Fsp3) is 0.360. The Kier molecular flexibility index (Phi) is 7.17. The van der Waals surface area contributed by atoms with E-state index in [4.69, 9.17) is 9.72 Å². The fourth-order valence-electron chi connectivity index (χ4n) is 4.10. The highest BCUT2D eigenvalue weighted by atomic mass is 32.2. The Morgan fingerprint density at radius 1 is 1.28 bits per heavy atom. The zero-order chi connectivity index (χ0) is 22.5. The molecule has 1 amide bonds. The number of nitrogens with one attached hydrogen (secondary N) is 2. The molecule has 1 aliphatic rings. The van der Waals surface area contributed by atoms with Crippen LogP contribution >= 0.6 is 11.8 Å². The van der Waals surface area contributed by atoms with E-state index in [2.05, 4.69) is 28.2 Å². The second-order valence-electron chi connectivity index (χ2n) is 8.14. The summed E-state index contributed by atoms with van der Waals surface area (Å²) in [5.41, 5.74) is 4.26. The molecule has 6 nitrogen and oxygen atoms in total. The summed E-state index contributed by atoms with van der Waals surface area (Å²) in [7, 11) is 1.65. The van der Waals surface area contributed by atoms with Gasteiger partial charge in [-0.15, -0.1) is 0 Å². The van der Waals surface area contributed by atoms with E-state index in [1.54, 1.807) is 18.9 Å². The third-order valence-electron chi connectivity index (χ3n) is 5.90. The van der Waals surface area contributed by atoms with Crippen LogP contribution < -0.4 is 10.1 Å². The van der Waals surface area contributed by atoms with E-state index in [1.807, 2.05) is 55.5 Å². The van der Waals surface area contributed by atoms with Gasteiger partial charge < -0.3 is 15.0 Å². The Balaban J connectivity index is 1.45. The van der Waals surface area contributed by atoms with Crippen LogP contribution in [0.15, 0.2) is 65.3 Å². The Bertz CT molecular complexity index is 1080.